The lowest BCUT2D eigenvalue weighted by molar-refractivity contribution is 0.0995. The monoisotopic (exact) mass is 203 g/mol. The highest BCUT2D eigenvalue weighted by Crippen LogP contribution is 2.16. The van der Waals surface area contributed by atoms with Crippen molar-refractivity contribution in [3.8, 4) is 0 Å². The van der Waals surface area contributed by atoms with Gasteiger partial charge in [0.05, 0.1) is 0 Å². The summed E-state index contributed by atoms with van der Waals surface area (Å²) in [6.07, 6.45) is 13.5. The van der Waals surface area contributed by atoms with Crippen LogP contribution in [-0.2, 0) is 9.47 Å². The average molecular weight is 203 g/mol. The number of ether oxygens (including phenoxy) is 2. The van der Waals surface area contributed by atoms with Crippen LogP contribution in [0.5, 0.6) is 0 Å². The molecule has 0 aromatic rings. The molecule has 0 spiro atoms. The van der Waals surface area contributed by atoms with E-state index in [1.807, 2.05) is 30.7 Å². The maximum absolute atomic E-state index is 11.3. The van der Waals surface area contributed by atoms with Crippen LogP contribution in [0.4, 0.5) is 4.79 Å². The molecule has 0 saturated carbocycles. The first kappa shape index (κ1) is 9.77. The van der Waals surface area contributed by atoms with E-state index in [2.05, 4.69) is 0 Å². The van der Waals surface area contributed by atoms with Crippen molar-refractivity contribution in [2.45, 2.75) is 12.8 Å². The van der Waals surface area contributed by atoms with Gasteiger partial charge in [0.15, 0.2) is 0 Å². The highest BCUT2D eigenvalue weighted by atomic mass is 16.7. The predicted molar refractivity (Wildman–Crippen MR) is 55.5 cm³/mol. The second kappa shape index (κ2) is 4.64. The molecule has 2 aliphatic rings. The molecule has 0 heterocycles. The minimum absolute atomic E-state index is 0.606. The summed E-state index contributed by atoms with van der Waals surface area (Å²) < 4.78 is 9.97. The number of rotatable bonds is 2. The lowest BCUT2D eigenvalue weighted by Gasteiger charge is -2.09. The van der Waals surface area contributed by atoms with Gasteiger partial charge in [0.1, 0.15) is 11.5 Å². The molecule has 77 valence electrons. The largest absolute Gasteiger partial charge is 0.518 e. The van der Waals surface area contributed by atoms with Crippen molar-refractivity contribution in [2.24, 2.45) is 0 Å². The van der Waals surface area contributed by atoms with Gasteiger partial charge in [-0.2, -0.15) is 0 Å². The molecular formula is C12H11O3. The van der Waals surface area contributed by atoms with Crippen molar-refractivity contribution >= 4 is 6.16 Å². The van der Waals surface area contributed by atoms with E-state index < -0.39 is 6.16 Å². The molecule has 2 rings (SSSR count). The molecule has 0 amide bonds. The van der Waals surface area contributed by atoms with Gasteiger partial charge in [-0.15, -0.1) is 0 Å². The molecule has 0 fully saturated rings. The van der Waals surface area contributed by atoms with E-state index in [0.717, 1.165) is 0 Å². The van der Waals surface area contributed by atoms with E-state index in [0.29, 0.717) is 24.4 Å². The Hall–Kier alpha value is -1.77. The van der Waals surface area contributed by atoms with E-state index in [4.69, 9.17) is 9.47 Å². The molecule has 0 unspecified atom stereocenters. The van der Waals surface area contributed by atoms with Crippen LogP contribution in [0.25, 0.3) is 0 Å². The van der Waals surface area contributed by atoms with Crippen molar-refractivity contribution in [3.63, 3.8) is 0 Å². The van der Waals surface area contributed by atoms with Gasteiger partial charge >= 0.3 is 6.16 Å². The summed E-state index contributed by atoms with van der Waals surface area (Å²) in [6.45, 7) is 0. The van der Waals surface area contributed by atoms with Crippen molar-refractivity contribution in [2.75, 3.05) is 0 Å². The summed E-state index contributed by atoms with van der Waals surface area (Å²) in [5, 5.41) is 0. The fraction of sp³-hybridized carbons (Fsp3) is 0.167. The highest BCUT2D eigenvalue weighted by molar-refractivity contribution is 5.63. The van der Waals surface area contributed by atoms with E-state index in [9.17, 15) is 4.79 Å². The van der Waals surface area contributed by atoms with Gasteiger partial charge in [0.25, 0.3) is 0 Å². The Balaban J connectivity index is 1.82. The molecule has 0 aliphatic heterocycles. The number of hydrogen-bond donors (Lipinski definition) is 0. The second-order valence-corrected chi connectivity index (χ2v) is 3.18. The number of allylic oxidation sites excluding steroid dienone is 7. The Bertz CT molecular complexity index is 372. The third-order valence-corrected chi connectivity index (χ3v) is 2.01. The Morgan fingerprint density at radius 1 is 1.00 bits per heavy atom. The summed E-state index contributed by atoms with van der Waals surface area (Å²) in [7, 11) is 0. The van der Waals surface area contributed by atoms with Crippen LogP contribution >= 0.6 is 0 Å². The van der Waals surface area contributed by atoms with Crippen LogP contribution in [-0.4, -0.2) is 6.16 Å². The number of carbonyl (C=O) groups is 1. The lowest BCUT2D eigenvalue weighted by Crippen LogP contribution is -2.07. The van der Waals surface area contributed by atoms with Crippen molar-refractivity contribution in [1.29, 1.82) is 0 Å². The number of carbonyl (C=O) groups excluding carboxylic acids is 1. The maximum atomic E-state index is 11.3. The van der Waals surface area contributed by atoms with E-state index in [-0.39, 0.29) is 0 Å². The molecule has 15 heavy (non-hydrogen) atoms. The molecule has 0 atom stereocenters. The van der Waals surface area contributed by atoms with Gasteiger partial charge in [0, 0.05) is 12.8 Å². The molecule has 2 aliphatic carbocycles. The van der Waals surface area contributed by atoms with Crippen molar-refractivity contribution in [3.05, 3.63) is 54.4 Å². The summed E-state index contributed by atoms with van der Waals surface area (Å²) in [5.74, 6) is 1.23. The van der Waals surface area contributed by atoms with Gasteiger partial charge in [-0.25, -0.2) is 4.79 Å². The van der Waals surface area contributed by atoms with Gasteiger partial charge < -0.3 is 9.47 Å². The van der Waals surface area contributed by atoms with Gasteiger partial charge in [0.2, 0.25) is 0 Å². The molecule has 3 heteroatoms. The van der Waals surface area contributed by atoms with Crippen LogP contribution in [0.3, 0.4) is 0 Å². The average Bonchev–Trinajstić information content (AvgIpc) is 2.71. The lowest BCUT2D eigenvalue weighted by atomic mass is 10.2. The fourth-order valence-electron chi connectivity index (χ4n) is 1.31. The molecule has 0 aromatic heterocycles. The normalized spacial score (nSPS) is 18.4. The Labute approximate surface area is 88.4 Å². The van der Waals surface area contributed by atoms with E-state index >= 15 is 0 Å². The first-order valence-corrected chi connectivity index (χ1v) is 4.79. The van der Waals surface area contributed by atoms with Gasteiger partial charge in [-0.1, -0.05) is 24.3 Å². The summed E-state index contributed by atoms with van der Waals surface area (Å²) in [5.41, 5.74) is 0. The molecule has 0 bridgehead atoms. The third-order valence-electron chi connectivity index (χ3n) is 2.01. The zero-order valence-electron chi connectivity index (χ0n) is 8.18. The fourth-order valence-corrected chi connectivity index (χ4v) is 1.31. The minimum atomic E-state index is -0.667. The van der Waals surface area contributed by atoms with Crippen LogP contribution in [0.1, 0.15) is 12.8 Å². The summed E-state index contributed by atoms with van der Waals surface area (Å²) in [6, 6.07) is 0. The van der Waals surface area contributed by atoms with Gasteiger partial charge in [-0.05, 0) is 18.6 Å². The summed E-state index contributed by atoms with van der Waals surface area (Å²) >= 11 is 0. The van der Waals surface area contributed by atoms with Crippen LogP contribution < -0.4 is 0 Å². The quantitative estimate of drug-likeness (QED) is 0.647. The first-order chi connectivity index (χ1) is 7.34. The summed E-state index contributed by atoms with van der Waals surface area (Å²) in [4.78, 5) is 11.3. The van der Waals surface area contributed by atoms with Crippen molar-refractivity contribution in [1.82, 2.24) is 0 Å². The molecular weight excluding hydrogens is 192 g/mol. The molecule has 0 aromatic carbocycles. The second-order valence-electron chi connectivity index (χ2n) is 3.18. The van der Waals surface area contributed by atoms with Crippen LogP contribution in [0.2, 0.25) is 0 Å². The number of hydrogen-bond acceptors (Lipinski definition) is 3. The van der Waals surface area contributed by atoms with Gasteiger partial charge in [-0.3, -0.25) is 0 Å². The minimum Gasteiger partial charge on any atom is -0.399 e. The topological polar surface area (TPSA) is 35.5 Å². The third kappa shape index (κ3) is 2.84. The first-order valence-electron chi connectivity index (χ1n) is 4.79. The zero-order valence-corrected chi connectivity index (χ0v) is 8.18. The Morgan fingerprint density at radius 2 is 1.73 bits per heavy atom. The molecule has 0 N–H and O–H groups in total. The zero-order chi connectivity index (χ0) is 10.5. The molecule has 1 radical (unpaired) electrons. The standard InChI is InChI=1S/C12H11O3/c13-12(15-11-8-4-5-9-11)14-10-6-2-1-3-7-10/h1-6,8H,7,9H2. The molecule has 3 nitrogen and oxygen atoms in total. The Morgan fingerprint density at radius 3 is 2.33 bits per heavy atom. The van der Waals surface area contributed by atoms with Crippen molar-refractivity contribution < 1.29 is 14.3 Å². The van der Waals surface area contributed by atoms with Crippen LogP contribution in [0, 0.1) is 6.42 Å². The van der Waals surface area contributed by atoms with E-state index in [1.54, 1.807) is 12.2 Å². The maximum Gasteiger partial charge on any atom is 0.518 e. The predicted octanol–water partition coefficient (Wildman–Crippen LogP) is 3.03. The van der Waals surface area contributed by atoms with E-state index in [1.165, 1.54) is 0 Å². The molecule has 0 saturated heterocycles. The van der Waals surface area contributed by atoms with Crippen LogP contribution in [0.15, 0.2) is 48.0 Å². The SMILES string of the molecule is O=C(OC1=CC=C[CH]C1)OC1=CC=CC1. The highest BCUT2D eigenvalue weighted by Gasteiger charge is 2.12. The Kier molecular flexibility index (Phi) is 3.02. The smallest absolute Gasteiger partial charge is 0.399 e.